The highest BCUT2D eigenvalue weighted by Crippen LogP contribution is 2.48. The van der Waals surface area contributed by atoms with E-state index in [1.807, 2.05) is 0 Å². The van der Waals surface area contributed by atoms with E-state index in [1.54, 1.807) is 0 Å². The minimum Gasteiger partial charge on any atom is -0.0625 e. The third-order valence-electron chi connectivity index (χ3n) is 15.0. The Kier molecular flexibility index (Phi) is 22.6. The molecule has 4 fully saturated rings. The lowest BCUT2D eigenvalue weighted by molar-refractivity contribution is 0.0587. The van der Waals surface area contributed by atoms with Gasteiger partial charge in [-0.3, -0.25) is 0 Å². The summed E-state index contributed by atoms with van der Waals surface area (Å²) in [5, 5.41) is 0. The van der Waals surface area contributed by atoms with Gasteiger partial charge >= 0.3 is 0 Å². The Bertz CT molecular complexity index is 695. The van der Waals surface area contributed by atoms with Crippen LogP contribution in [0.25, 0.3) is 0 Å². The van der Waals surface area contributed by atoms with Crippen molar-refractivity contribution in [3.63, 3.8) is 0 Å². The Morgan fingerprint density at radius 3 is 0.896 bits per heavy atom. The molecule has 0 aromatic heterocycles. The molecule has 0 aromatic rings. The van der Waals surface area contributed by atoms with E-state index in [2.05, 4.69) is 111 Å². The molecule has 4 aliphatic rings. The molecule has 4 unspecified atom stereocenters. The van der Waals surface area contributed by atoms with Crippen molar-refractivity contribution in [3.05, 3.63) is 0 Å². The van der Waals surface area contributed by atoms with Gasteiger partial charge in [0.2, 0.25) is 0 Å². The molecular formula is C48H96. The molecule has 288 valence electrons. The van der Waals surface area contributed by atoms with E-state index in [9.17, 15) is 0 Å². The predicted molar refractivity (Wildman–Crippen MR) is 221 cm³/mol. The molecule has 0 N–H and O–H groups in total. The minimum atomic E-state index is 0.679. The van der Waals surface area contributed by atoms with Gasteiger partial charge in [0, 0.05) is 0 Å². The maximum Gasteiger partial charge on any atom is -0.0251 e. The molecule has 0 heteroatoms. The molecule has 4 aliphatic carbocycles. The fourth-order valence-corrected chi connectivity index (χ4v) is 10.8. The van der Waals surface area contributed by atoms with Crippen molar-refractivity contribution >= 4 is 0 Å². The average Bonchev–Trinajstić information content (AvgIpc) is 3.05. The second-order valence-corrected chi connectivity index (χ2v) is 20.5. The van der Waals surface area contributed by atoms with E-state index >= 15 is 0 Å². The van der Waals surface area contributed by atoms with Crippen molar-refractivity contribution in [2.75, 3.05) is 0 Å². The molecule has 4 rings (SSSR count). The molecule has 4 saturated carbocycles. The lowest BCUT2D eigenvalue weighted by Crippen LogP contribution is -2.35. The van der Waals surface area contributed by atoms with Crippen LogP contribution in [0.3, 0.4) is 0 Å². The van der Waals surface area contributed by atoms with Gasteiger partial charge in [0.15, 0.2) is 0 Å². The zero-order chi connectivity index (χ0) is 36.6. The van der Waals surface area contributed by atoms with Crippen LogP contribution in [-0.4, -0.2) is 0 Å². The molecule has 0 radical (unpaired) electrons. The van der Waals surface area contributed by atoms with E-state index in [4.69, 9.17) is 0 Å². The summed E-state index contributed by atoms with van der Waals surface area (Å²) in [4.78, 5) is 0. The largest absolute Gasteiger partial charge is 0.0625 e. The smallest absolute Gasteiger partial charge is 0.0251 e. The van der Waals surface area contributed by atoms with Gasteiger partial charge < -0.3 is 0 Å². The lowest BCUT2D eigenvalue weighted by atomic mass is 9.61. The third kappa shape index (κ3) is 15.7. The third-order valence-corrected chi connectivity index (χ3v) is 15.0. The van der Waals surface area contributed by atoms with Crippen LogP contribution in [0.1, 0.15) is 220 Å². The predicted octanol–water partition coefficient (Wildman–Crippen LogP) is 16.6. The van der Waals surface area contributed by atoms with Crippen molar-refractivity contribution in [3.8, 4) is 0 Å². The van der Waals surface area contributed by atoms with Crippen LogP contribution in [0.4, 0.5) is 0 Å². The second kappa shape index (κ2) is 23.5. The van der Waals surface area contributed by atoms with Crippen LogP contribution in [0.15, 0.2) is 0 Å². The number of rotatable bonds is 8. The van der Waals surface area contributed by atoms with E-state index in [-0.39, 0.29) is 0 Å². The van der Waals surface area contributed by atoms with Gasteiger partial charge in [0.1, 0.15) is 0 Å². The summed E-state index contributed by atoms with van der Waals surface area (Å²) in [6, 6.07) is 0. The zero-order valence-electron chi connectivity index (χ0n) is 36.6. The highest BCUT2D eigenvalue weighted by atomic mass is 14.4. The Morgan fingerprint density at radius 1 is 0.312 bits per heavy atom. The lowest BCUT2D eigenvalue weighted by Gasteiger charge is -2.44. The van der Waals surface area contributed by atoms with Crippen molar-refractivity contribution in [2.24, 2.45) is 88.3 Å². The first-order valence-corrected chi connectivity index (χ1v) is 22.4. The Hall–Kier alpha value is 0. The maximum absolute atomic E-state index is 2.41. The van der Waals surface area contributed by atoms with Crippen molar-refractivity contribution < 1.29 is 0 Å². The van der Waals surface area contributed by atoms with E-state index in [0.717, 1.165) is 82.9 Å². The van der Waals surface area contributed by atoms with Crippen molar-refractivity contribution in [1.82, 2.24) is 0 Å². The fourth-order valence-electron chi connectivity index (χ4n) is 10.8. The summed E-state index contributed by atoms with van der Waals surface area (Å²) < 4.78 is 0. The monoisotopic (exact) mass is 673 g/mol. The van der Waals surface area contributed by atoms with E-state index in [0.29, 0.717) is 5.41 Å². The SMILES string of the molecule is CC(C)C1(C(C)C)CCCCC1.CC(C)C1CCC(C(C)C)CC1.CC(C)C1CCCC(C(C)C)C1.CC(C)C1CCCCC1C(C)C. The molecule has 0 amide bonds. The highest BCUT2D eigenvalue weighted by Gasteiger charge is 2.37. The van der Waals surface area contributed by atoms with Crippen LogP contribution in [0, 0.1) is 88.3 Å². The molecule has 0 aromatic carbocycles. The van der Waals surface area contributed by atoms with Crippen LogP contribution >= 0.6 is 0 Å². The molecule has 0 aliphatic heterocycles. The highest BCUT2D eigenvalue weighted by molar-refractivity contribution is 4.88. The van der Waals surface area contributed by atoms with E-state index < -0.39 is 0 Å². The second-order valence-electron chi connectivity index (χ2n) is 20.5. The molecule has 0 bridgehead atoms. The van der Waals surface area contributed by atoms with Gasteiger partial charge in [-0.2, -0.15) is 0 Å². The van der Waals surface area contributed by atoms with Gasteiger partial charge in [0.25, 0.3) is 0 Å². The first-order valence-electron chi connectivity index (χ1n) is 22.4. The van der Waals surface area contributed by atoms with Gasteiger partial charge in [-0.1, -0.05) is 162 Å². The molecule has 0 spiro atoms. The molecule has 48 heavy (non-hydrogen) atoms. The molecule has 0 saturated heterocycles. The number of hydrogen-bond donors (Lipinski definition) is 0. The summed E-state index contributed by atoms with van der Waals surface area (Å²) in [6.45, 7) is 38.2. The quantitative estimate of drug-likeness (QED) is 0.241. The van der Waals surface area contributed by atoms with Crippen molar-refractivity contribution in [1.29, 1.82) is 0 Å². The van der Waals surface area contributed by atoms with Gasteiger partial charge in [-0.15, -0.1) is 0 Å². The molecular weight excluding hydrogens is 577 g/mol. The normalized spacial score (nSPS) is 29.5. The van der Waals surface area contributed by atoms with Crippen LogP contribution < -0.4 is 0 Å². The molecule has 0 nitrogen and oxygen atoms in total. The van der Waals surface area contributed by atoms with Crippen LogP contribution in [0.2, 0.25) is 0 Å². The first-order chi connectivity index (χ1) is 22.4. The average molecular weight is 673 g/mol. The van der Waals surface area contributed by atoms with Gasteiger partial charge in [-0.25, -0.2) is 0 Å². The topological polar surface area (TPSA) is 0 Å². The standard InChI is InChI=1S/4C12H24/c1-9(2)11-5-7-12(8-6-11)10(3)4;1-9(2)11-6-5-7-12(8-11)10(3)4;1-10(2)12(11(3)4)8-6-5-7-9-12;1-9(2)11-7-5-6-8-12(11)10(3)4/h2*9-12H,5-8H2,1-4H3;10-11H,5-9H2,1-4H3;9-12H,5-8H2,1-4H3. The van der Waals surface area contributed by atoms with Crippen LogP contribution in [-0.2, 0) is 0 Å². The zero-order valence-corrected chi connectivity index (χ0v) is 36.6. The Morgan fingerprint density at radius 2 is 0.646 bits per heavy atom. The summed E-state index contributed by atoms with van der Waals surface area (Å²) >= 11 is 0. The Labute approximate surface area is 307 Å². The Balaban J connectivity index is 0.000000320. The van der Waals surface area contributed by atoms with Crippen molar-refractivity contribution in [2.45, 2.75) is 220 Å². The van der Waals surface area contributed by atoms with Gasteiger partial charge in [-0.05, 0) is 146 Å². The summed E-state index contributed by atoms with van der Waals surface area (Å²) in [6.07, 6.45) is 25.2. The summed E-state index contributed by atoms with van der Waals surface area (Å²) in [5.74, 6) is 13.3. The first kappa shape index (κ1) is 46.0. The fraction of sp³-hybridized carbons (Fsp3) is 1.00. The molecule has 4 atom stereocenters. The number of hydrogen-bond acceptors (Lipinski definition) is 0. The minimum absolute atomic E-state index is 0.679. The molecule has 0 heterocycles. The summed E-state index contributed by atoms with van der Waals surface area (Å²) in [5.41, 5.74) is 0.679. The summed E-state index contributed by atoms with van der Waals surface area (Å²) in [7, 11) is 0. The van der Waals surface area contributed by atoms with Crippen LogP contribution in [0.5, 0.6) is 0 Å². The maximum atomic E-state index is 2.41. The van der Waals surface area contributed by atoms with Gasteiger partial charge in [0.05, 0.1) is 0 Å². The van der Waals surface area contributed by atoms with E-state index in [1.165, 1.54) is 109 Å².